The van der Waals surface area contributed by atoms with E-state index >= 15 is 0 Å². The fourth-order valence-electron chi connectivity index (χ4n) is 21.8. The molecule has 0 aliphatic heterocycles. The standard InChI is InChI=1S/2C21H23N2.C21H25N2.3C20H21N2/c1-15-7-3-6-10-18(15)21-19-13-17(16-8-4-5-9-16)11-12-20(19)22-14-23(21)2;1-15-7-3-6-10-18(15)21-19-12-11-17(16-8-4-5-9-16)13-20(19)22-14-23(21)2;1-5-16(6-2)18-12-9-13-19-20(18)22-14-23(4)21(19)17-11-8-7-10-15(17)3;1-14-7-3-4-10-16(14)20-18-12-6-11-17(15-8-5-9-15)19(18)21-13-22(20)2;1-14-6-3-4-9-17(14)20-18-12-16(15-7-5-8-15)10-11-19(18)21-13-22(20)2;1-14-6-3-4-9-17(14)20-18-11-10-16(15-7-5-8-15)12-19(18)21-13-22(20)2/h2*3,6-7,10-14,16H,4-5,8-9H2,1-2H3;7-14,16H,5-6H2,1-4H3;3-4,6-7,10-13,15H,5,8-9H2,1-2H3;2*3-4,6,9-13,15H,5,7-8H2,1-2H3/q6*+1. The Balaban J connectivity index is 0.000000108. The summed E-state index contributed by atoms with van der Waals surface area (Å²) in [5.41, 5.74) is 38.5. The SMILES string of the molecule is CCC(CC)c1cccc2c(-c3ccccc3C)[n+](C)cnc12.Cc1ccccc1-c1c2cc(C3CCC3)ccc2nc[n+]1C.Cc1ccccc1-c1c2cc(C3CCCC3)ccc2nc[n+]1C.Cc1ccccc1-c1c2ccc(C3CCC3)cc2nc[n+]1C.Cc1ccccc1-c1c2ccc(C3CCCC3)cc2nc[n+]1C.Cc1ccccc1-c1c2cccc(C3CCC3)c2nc[n+]1C. The molecule has 5 aliphatic rings. The van der Waals surface area contributed by atoms with E-state index in [0.717, 1.165) is 64.1 Å². The molecule has 5 saturated carbocycles. The van der Waals surface area contributed by atoms with Gasteiger partial charge in [-0.2, -0.15) is 0 Å². The summed E-state index contributed by atoms with van der Waals surface area (Å²) < 4.78 is 12.9. The van der Waals surface area contributed by atoms with Crippen LogP contribution in [0.15, 0.2) is 293 Å². The first-order chi connectivity index (χ1) is 65.9. The van der Waals surface area contributed by atoms with Crippen LogP contribution in [-0.2, 0) is 42.3 Å². The van der Waals surface area contributed by atoms with Gasteiger partial charge in [0.2, 0.25) is 0 Å². The number of para-hydroxylation sites is 2. The van der Waals surface area contributed by atoms with Gasteiger partial charge in [0.15, 0.2) is 33.1 Å². The summed E-state index contributed by atoms with van der Waals surface area (Å²) in [6.45, 7) is 17.6. The van der Waals surface area contributed by atoms with Crippen molar-refractivity contribution in [3.05, 3.63) is 360 Å². The zero-order chi connectivity index (χ0) is 93.3. The van der Waals surface area contributed by atoms with Crippen LogP contribution < -0.4 is 27.4 Å². The van der Waals surface area contributed by atoms with Crippen LogP contribution in [0.3, 0.4) is 0 Å². The third kappa shape index (κ3) is 19.6. The Kier molecular flexibility index (Phi) is 28.4. The van der Waals surface area contributed by atoms with E-state index in [1.165, 1.54) is 281 Å². The molecule has 0 N–H and O–H groups in total. The highest BCUT2D eigenvalue weighted by atomic mass is 15.0. The van der Waals surface area contributed by atoms with E-state index in [4.69, 9.17) is 15.0 Å². The van der Waals surface area contributed by atoms with Crippen LogP contribution in [0.5, 0.6) is 0 Å². The van der Waals surface area contributed by atoms with E-state index in [1.54, 1.807) is 0 Å². The summed E-state index contributed by atoms with van der Waals surface area (Å²) >= 11 is 0. The van der Waals surface area contributed by atoms with Crippen LogP contribution >= 0.6 is 0 Å². The molecular weight excluding hydrogens is 1650 g/mol. The van der Waals surface area contributed by atoms with E-state index < -0.39 is 0 Å². The van der Waals surface area contributed by atoms with Crippen molar-refractivity contribution in [2.45, 2.75) is 213 Å². The van der Waals surface area contributed by atoms with Crippen LogP contribution in [0.25, 0.3) is 133 Å². The van der Waals surface area contributed by atoms with Gasteiger partial charge >= 0.3 is 0 Å². The third-order valence-electron chi connectivity index (χ3n) is 30.2. The Morgan fingerprint density at radius 2 is 0.504 bits per heavy atom. The lowest BCUT2D eigenvalue weighted by Crippen LogP contribution is -2.32. The molecule has 0 bridgehead atoms. The van der Waals surface area contributed by atoms with Crippen molar-refractivity contribution in [1.82, 2.24) is 29.9 Å². The van der Waals surface area contributed by atoms with Crippen molar-refractivity contribution in [2.24, 2.45) is 42.3 Å². The lowest BCUT2D eigenvalue weighted by atomic mass is 9.79. The molecule has 0 unspecified atom stereocenters. The fraction of sp³-hybridized carbons (Fsp3) is 0.317. The topological polar surface area (TPSA) is 101 Å². The van der Waals surface area contributed by atoms with E-state index in [9.17, 15) is 0 Å². The van der Waals surface area contributed by atoms with Gasteiger partial charge in [-0.3, -0.25) is 0 Å². The number of rotatable bonds is 14. The Hall–Kier alpha value is -13.3. The molecule has 6 aromatic heterocycles. The zero-order valence-corrected chi connectivity index (χ0v) is 82.0. The molecule has 0 radical (unpaired) electrons. The number of aromatic nitrogens is 12. The highest BCUT2D eigenvalue weighted by Gasteiger charge is 2.31. The molecule has 0 amide bonds. The summed E-state index contributed by atoms with van der Waals surface area (Å²) in [7, 11) is 12.5. The summed E-state index contributed by atoms with van der Waals surface area (Å²) in [6, 6.07) is 92.3. The van der Waals surface area contributed by atoms with Crippen molar-refractivity contribution < 1.29 is 27.4 Å². The number of fused-ring (bicyclic) bond motifs is 6. The fourth-order valence-corrected chi connectivity index (χ4v) is 21.8. The van der Waals surface area contributed by atoms with Crippen molar-refractivity contribution in [1.29, 1.82) is 0 Å². The number of nitrogens with zero attached hydrogens (tertiary/aromatic N) is 12. The smallest absolute Gasteiger partial charge is 0.232 e. The van der Waals surface area contributed by atoms with Crippen molar-refractivity contribution >= 4 is 65.4 Å². The van der Waals surface area contributed by atoms with Gasteiger partial charge in [0.25, 0.3) is 38.0 Å². The number of benzene rings is 12. The molecule has 5 aliphatic carbocycles. The molecular formula is C123H134N12+6. The first kappa shape index (κ1) is 92.1. The second kappa shape index (κ2) is 41.7. The van der Waals surface area contributed by atoms with Gasteiger partial charge < -0.3 is 0 Å². The molecule has 12 nitrogen and oxygen atoms in total. The van der Waals surface area contributed by atoms with E-state index in [1.807, 2.05) is 38.0 Å². The summed E-state index contributed by atoms with van der Waals surface area (Å²) in [4.78, 5) is 28.1. The molecule has 680 valence electrons. The van der Waals surface area contributed by atoms with Gasteiger partial charge in [0.05, 0.1) is 74.6 Å². The van der Waals surface area contributed by atoms with Crippen LogP contribution in [0, 0.1) is 41.5 Å². The predicted octanol–water partition coefficient (Wildman–Crippen LogP) is 27.2. The van der Waals surface area contributed by atoms with Crippen LogP contribution in [-0.4, -0.2) is 29.9 Å². The summed E-state index contributed by atoms with van der Waals surface area (Å²) in [5, 5.41) is 7.53. The largest absolute Gasteiger partial charge is 0.287 e. The first-order valence-corrected chi connectivity index (χ1v) is 49.9. The van der Waals surface area contributed by atoms with Crippen molar-refractivity contribution in [3.8, 4) is 67.5 Å². The molecule has 0 saturated heterocycles. The van der Waals surface area contributed by atoms with Crippen molar-refractivity contribution in [3.63, 3.8) is 0 Å². The Bertz CT molecular complexity index is 7230. The minimum atomic E-state index is 0.573. The lowest BCUT2D eigenvalue weighted by molar-refractivity contribution is -0.662. The molecule has 23 rings (SSSR count). The predicted molar refractivity (Wildman–Crippen MR) is 554 cm³/mol. The van der Waals surface area contributed by atoms with Gasteiger partial charge in [-0.1, -0.05) is 253 Å². The number of aryl methyl sites for hydroxylation is 12. The molecule has 135 heavy (non-hydrogen) atoms. The molecule has 0 atom stereocenters. The number of hydrogen-bond donors (Lipinski definition) is 0. The summed E-state index contributed by atoms with van der Waals surface area (Å²) in [5.74, 6) is 4.24. The van der Waals surface area contributed by atoms with E-state index in [2.05, 4.69) is 395 Å². The van der Waals surface area contributed by atoms with Gasteiger partial charge in [-0.15, -0.1) is 0 Å². The van der Waals surface area contributed by atoms with Crippen LogP contribution in [0.4, 0.5) is 0 Å². The maximum absolute atomic E-state index is 4.78. The van der Waals surface area contributed by atoms with E-state index in [0.29, 0.717) is 11.8 Å². The highest BCUT2D eigenvalue weighted by Crippen LogP contribution is 2.45. The average molecular weight is 1780 g/mol. The van der Waals surface area contributed by atoms with Gasteiger partial charge in [0, 0.05) is 44.5 Å². The highest BCUT2D eigenvalue weighted by molar-refractivity contribution is 5.97. The molecule has 12 heteroatoms. The molecule has 0 spiro atoms. The summed E-state index contributed by atoms with van der Waals surface area (Å²) in [6.07, 6.45) is 36.8. The molecule has 18 aromatic rings. The Labute approximate surface area is 799 Å². The molecule has 6 heterocycles. The lowest BCUT2D eigenvalue weighted by Gasteiger charge is -2.25. The average Bonchev–Trinajstić information content (AvgIpc) is 0.910. The normalized spacial score (nSPS) is 14.5. The first-order valence-electron chi connectivity index (χ1n) is 49.9. The van der Waals surface area contributed by atoms with Gasteiger partial charge in [-0.05, 0) is 300 Å². The van der Waals surface area contributed by atoms with Crippen LogP contribution in [0.2, 0.25) is 0 Å². The number of hydrogen-bond acceptors (Lipinski definition) is 6. The quantitative estimate of drug-likeness (QED) is 0.101. The van der Waals surface area contributed by atoms with Crippen LogP contribution in [0.1, 0.15) is 238 Å². The molecule has 12 aromatic carbocycles. The molecule has 5 fully saturated rings. The van der Waals surface area contributed by atoms with Gasteiger partial charge in [-0.25, -0.2) is 27.4 Å². The maximum atomic E-state index is 4.78. The second-order valence-electron chi connectivity index (χ2n) is 39.1. The second-order valence-corrected chi connectivity index (χ2v) is 39.1. The van der Waals surface area contributed by atoms with Gasteiger partial charge in [0.1, 0.15) is 34.2 Å². The Morgan fingerprint density at radius 3 is 0.822 bits per heavy atom. The Morgan fingerprint density at radius 1 is 0.237 bits per heavy atom. The zero-order valence-electron chi connectivity index (χ0n) is 82.0. The van der Waals surface area contributed by atoms with E-state index in [-0.39, 0.29) is 0 Å². The minimum Gasteiger partial charge on any atom is -0.232 e. The maximum Gasteiger partial charge on any atom is 0.287 e. The third-order valence-corrected chi connectivity index (χ3v) is 30.2. The minimum absolute atomic E-state index is 0.573. The van der Waals surface area contributed by atoms with Crippen molar-refractivity contribution in [2.75, 3.05) is 0 Å². The monoisotopic (exact) mass is 1780 g/mol.